The molecule has 0 aliphatic carbocycles. The minimum Gasteiger partial charge on any atom is -0.467 e. The van der Waals surface area contributed by atoms with Crippen LogP contribution in [0.3, 0.4) is 0 Å². The fourth-order valence-corrected chi connectivity index (χ4v) is 4.21. The van der Waals surface area contributed by atoms with Gasteiger partial charge in [-0.15, -0.1) is 5.10 Å². The van der Waals surface area contributed by atoms with Crippen molar-refractivity contribution < 1.29 is 9.21 Å². The molecule has 1 saturated heterocycles. The summed E-state index contributed by atoms with van der Waals surface area (Å²) in [5.74, 6) is 0.562. The molecule has 0 spiro atoms. The lowest BCUT2D eigenvalue weighted by Crippen LogP contribution is -2.28. The quantitative estimate of drug-likeness (QED) is 0.231. The highest BCUT2D eigenvalue weighted by molar-refractivity contribution is 8.18. The van der Waals surface area contributed by atoms with Crippen LogP contribution in [0.1, 0.15) is 43.2 Å². The Morgan fingerprint density at radius 2 is 1.74 bits per heavy atom. The fraction of sp³-hybridized carbons (Fsp3) is 0.179. The van der Waals surface area contributed by atoms with Gasteiger partial charge in [-0.25, -0.2) is 0 Å². The van der Waals surface area contributed by atoms with Crippen molar-refractivity contribution >= 4 is 35.1 Å². The van der Waals surface area contributed by atoms with E-state index in [0.717, 1.165) is 11.1 Å². The van der Waals surface area contributed by atoms with Crippen LogP contribution in [0, 0.1) is 0 Å². The van der Waals surface area contributed by atoms with Gasteiger partial charge < -0.3 is 4.42 Å². The third kappa shape index (κ3) is 6.02. The second-order valence-corrected chi connectivity index (χ2v) is 9.88. The lowest BCUT2D eigenvalue weighted by Gasteiger charge is -2.18. The number of allylic oxidation sites excluding steroid dienone is 2. The number of rotatable bonds is 6. The number of carbonyl (C=O) groups is 1. The Balaban J connectivity index is 1.53. The number of amidine groups is 1. The number of thioether (sulfide) groups is 1. The third-order valence-electron chi connectivity index (χ3n) is 5.24. The summed E-state index contributed by atoms with van der Waals surface area (Å²) in [7, 11) is 0. The minimum atomic E-state index is -0.123. The monoisotopic (exact) mass is 469 g/mol. The van der Waals surface area contributed by atoms with Crippen LogP contribution < -0.4 is 0 Å². The van der Waals surface area contributed by atoms with Crippen LogP contribution in [-0.4, -0.2) is 22.2 Å². The van der Waals surface area contributed by atoms with Crippen molar-refractivity contribution in [1.29, 1.82) is 0 Å². The molecule has 1 amide bonds. The molecular formula is C28H27N3O2S. The van der Waals surface area contributed by atoms with Gasteiger partial charge in [0.2, 0.25) is 0 Å². The van der Waals surface area contributed by atoms with E-state index in [9.17, 15) is 4.79 Å². The van der Waals surface area contributed by atoms with Crippen molar-refractivity contribution in [2.75, 3.05) is 0 Å². The summed E-state index contributed by atoms with van der Waals surface area (Å²) in [6.45, 7) is 6.85. The van der Waals surface area contributed by atoms with Crippen LogP contribution >= 0.6 is 11.8 Å². The Bertz CT molecular complexity index is 1230. The second kappa shape index (κ2) is 10.5. The first-order valence-corrected chi connectivity index (χ1v) is 11.9. The summed E-state index contributed by atoms with van der Waals surface area (Å²) >= 11 is 1.31. The molecule has 0 bridgehead atoms. The molecule has 172 valence electrons. The van der Waals surface area contributed by atoms with Crippen molar-refractivity contribution in [3.8, 4) is 0 Å². The Morgan fingerprint density at radius 3 is 2.41 bits per heavy atom. The van der Waals surface area contributed by atoms with Gasteiger partial charge in [0.15, 0.2) is 5.17 Å². The number of benzene rings is 2. The molecule has 3 aromatic rings. The standard InChI is InChI=1S/C28H27N3O2S/c1-28(2,3)23-16-14-22(15-17-23)19-29-30-27-31(20-24-12-8-18-33-24)26(32)25(34-27)13-7-11-21-9-5-4-6-10-21/h4-19H,20H2,1-3H3/b11-7+,25-13-,29-19-,30-27+. The van der Waals surface area contributed by atoms with Crippen molar-refractivity contribution in [3.05, 3.63) is 113 Å². The van der Waals surface area contributed by atoms with Gasteiger partial charge in [-0.3, -0.25) is 9.69 Å². The van der Waals surface area contributed by atoms with Crippen molar-refractivity contribution in [3.63, 3.8) is 0 Å². The van der Waals surface area contributed by atoms with Gasteiger partial charge in [0, 0.05) is 0 Å². The van der Waals surface area contributed by atoms with Gasteiger partial charge in [0.1, 0.15) is 5.76 Å². The molecule has 0 atom stereocenters. The van der Waals surface area contributed by atoms with E-state index in [1.165, 1.54) is 17.3 Å². The predicted octanol–water partition coefficient (Wildman–Crippen LogP) is 6.64. The maximum Gasteiger partial charge on any atom is 0.267 e. The Kier molecular flexibility index (Phi) is 7.28. The van der Waals surface area contributed by atoms with E-state index in [1.54, 1.807) is 23.4 Å². The van der Waals surface area contributed by atoms with E-state index in [2.05, 4.69) is 43.1 Å². The largest absolute Gasteiger partial charge is 0.467 e. The summed E-state index contributed by atoms with van der Waals surface area (Å²) in [4.78, 5) is 15.3. The lowest BCUT2D eigenvalue weighted by atomic mass is 9.87. The average molecular weight is 470 g/mol. The van der Waals surface area contributed by atoms with E-state index < -0.39 is 0 Å². The van der Waals surface area contributed by atoms with Gasteiger partial charge in [0.25, 0.3) is 5.91 Å². The molecule has 1 aliphatic heterocycles. The molecule has 1 aromatic heterocycles. The molecule has 2 heterocycles. The number of carbonyl (C=O) groups excluding carboxylic acids is 1. The first kappa shape index (κ1) is 23.5. The Hall–Kier alpha value is -3.64. The molecule has 0 radical (unpaired) electrons. The van der Waals surface area contributed by atoms with E-state index in [4.69, 9.17) is 4.42 Å². The fourth-order valence-electron chi connectivity index (χ4n) is 3.32. The molecule has 6 heteroatoms. The zero-order chi connectivity index (χ0) is 24.0. The van der Waals surface area contributed by atoms with Gasteiger partial charge in [-0.2, -0.15) is 5.10 Å². The van der Waals surface area contributed by atoms with Crippen LogP contribution in [0.4, 0.5) is 0 Å². The summed E-state index contributed by atoms with van der Waals surface area (Å²) in [6.07, 6.45) is 8.95. The molecule has 4 rings (SSSR count). The first-order valence-electron chi connectivity index (χ1n) is 11.1. The normalized spacial score (nSPS) is 17.1. The smallest absolute Gasteiger partial charge is 0.267 e. The SMILES string of the molecule is CC(C)(C)c1ccc(/C=N\N=C2\S/C(=C\C=C\c3ccccc3)C(=O)N2Cc2ccco2)cc1. The number of nitrogens with zero attached hydrogens (tertiary/aromatic N) is 3. The van der Waals surface area contributed by atoms with Crippen LogP contribution in [0.25, 0.3) is 6.08 Å². The molecule has 5 nitrogen and oxygen atoms in total. The maximum atomic E-state index is 13.1. The lowest BCUT2D eigenvalue weighted by molar-refractivity contribution is -0.122. The Labute approximate surface area is 204 Å². The van der Waals surface area contributed by atoms with Crippen molar-refractivity contribution in [1.82, 2.24) is 4.90 Å². The molecular weight excluding hydrogens is 442 g/mol. The topological polar surface area (TPSA) is 58.2 Å². The van der Waals surface area contributed by atoms with Gasteiger partial charge in [-0.05, 0) is 52.1 Å². The van der Waals surface area contributed by atoms with Gasteiger partial charge >= 0.3 is 0 Å². The predicted molar refractivity (Wildman–Crippen MR) is 141 cm³/mol. The molecule has 0 N–H and O–H groups in total. The van der Waals surface area contributed by atoms with Crippen LogP contribution in [0.5, 0.6) is 0 Å². The zero-order valence-electron chi connectivity index (χ0n) is 19.5. The number of furan rings is 1. The van der Waals surface area contributed by atoms with Crippen LogP contribution in [-0.2, 0) is 16.8 Å². The van der Waals surface area contributed by atoms with E-state index in [0.29, 0.717) is 22.4 Å². The number of amides is 1. The molecule has 0 saturated carbocycles. The van der Waals surface area contributed by atoms with E-state index in [-0.39, 0.29) is 11.3 Å². The van der Waals surface area contributed by atoms with Crippen LogP contribution in [0.15, 0.2) is 105 Å². The highest BCUT2D eigenvalue weighted by atomic mass is 32.2. The number of hydrogen-bond donors (Lipinski definition) is 0. The van der Waals surface area contributed by atoms with Crippen molar-refractivity contribution in [2.45, 2.75) is 32.7 Å². The summed E-state index contributed by atoms with van der Waals surface area (Å²) in [6, 6.07) is 21.9. The Morgan fingerprint density at radius 1 is 0.971 bits per heavy atom. The van der Waals surface area contributed by atoms with Gasteiger partial charge in [0.05, 0.1) is 23.9 Å². The average Bonchev–Trinajstić information content (AvgIpc) is 3.44. The molecule has 1 aliphatic rings. The molecule has 34 heavy (non-hydrogen) atoms. The summed E-state index contributed by atoms with van der Waals surface area (Å²) < 4.78 is 5.45. The van der Waals surface area contributed by atoms with E-state index in [1.807, 2.05) is 66.8 Å². The maximum absolute atomic E-state index is 13.1. The minimum absolute atomic E-state index is 0.0980. The highest BCUT2D eigenvalue weighted by Crippen LogP contribution is 2.32. The highest BCUT2D eigenvalue weighted by Gasteiger charge is 2.33. The van der Waals surface area contributed by atoms with Gasteiger partial charge in [-0.1, -0.05) is 87.5 Å². The summed E-state index contributed by atoms with van der Waals surface area (Å²) in [5, 5.41) is 9.15. The molecule has 0 unspecified atom stereocenters. The molecule has 1 fully saturated rings. The second-order valence-electron chi connectivity index (χ2n) is 8.87. The third-order valence-corrected chi connectivity index (χ3v) is 6.26. The number of hydrogen-bond acceptors (Lipinski definition) is 5. The van der Waals surface area contributed by atoms with E-state index >= 15 is 0 Å². The van der Waals surface area contributed by atoms with Crippen molar-refractivity contribution in [2.24, 2.45) is 10.2 Å². The zero-order valence-corrected chi connectivity index (χ0v) is 20.3. The molecule has 2 aromatic carbocycles. The summed E-state index contributed by atoms with van der Waals surface area (Å²) in [5.41, 5.74) is 3.38. The van der Waals surface area contributed by atoms with Crippen LogP contribution in [0.2, 0.25) is 0 Å². The first-order chi connectivity index (χ1) is 16.4.